The predicted molar refractivity (Wildman–Crippen MR) is 90.8 cm³/mol. The van der Waals surface area contributed by atoms with Crippen LogP contribution in [0.15, 0.2) is 52.5 Å². The van der Waals surface area contributed by atoms with Crippen LogP contribution in [0.4, 0.5) is 5.88 Å². The molecule has 0 unspecified atom stereocenters. The quantitative estimate of drug-likeness (QED) is 0.693. The number of hydrogen-bond acceptors (Lipinski definition) is 6. The number of nitrogens with zero attached hydrogens (tertiary/aromatic N) is 4. The Hall–Kier alpha value is -2.61. The lowest BCUT2D eigenvalue weighted by atomic mass is 10.3. The third-order valence-electron chi connectivity index (χ3n) is 3.26. The van der Waals surface area contributed by atoms with Gasteiger partial charge in [0.15, 0.2) is 5.16 Å². The highest BCUT2D eigenvalue weighted by Crippen LogP contribution is 2.23. The Balaban J connectivity index is 1.63. The monoisotopic (exact) mass is 343 g/mol. The molecule has 0 radical (unpaired) electrons. The Bertz CT molecular complexity index is 815. The summed E-state index contributed by atoms with van der Waals surface area (Å²) in [5, 5.41) is 6.88. The standard InChI is InChI=1S/C16H17N5O2S/c1-11-9-14(23-20-11)19-15(22)12(2)24-16-18-7-8-21(16)10-13-5-3-4-6-17-13/h3-9,12H,10H2,1-2H3,(H,19,22)/t12-/m1/s1. The molecule has 0 spiro atoms. The number of nitrogens with one attached hydrogen (secondary N) is 1. The van der Waals surface area contributed by atoms with Gasteiger partial charge in [0.05, 0.1) is 23.2 Å². The van der Waals surface area contributed by atoms with Crippen LogP contribution in [0.2, 0.25) is 0 Å². The maximum Gasteiger partial charge on any atom is 0.240 e. The van der Waals surface area contributed by atoms with Crippen LogP contribution in [0.25, 0.3) is 0 Å². The molecule has 0 aliphatic heterocycles. The molecule has 8 heteroatoms. The molecular formula is C16H17N5O2S. The van der Waals surface area contributed by atoms with Gasteiger partial charge in [0.25, 0.3) is 0 Å². The van der Waals surface area contributed by atoms with E-state index < -0.39 is 0 Å². The summed E-state index contributed by atoms with van der Waals surface area (Å²) in [6.07, 6.45) is 5.35. The van der Waals surface area contributed by atoms with E-state index >= 15 is 0 Å². The summed E-state index contributed by atoms with van der Waals surface area (Å²) in [6, 6.07) is 7.46. The smallest absolute Gasteiger partial charge is 0.240 e. The van der Waals surface area contributed by atoms with E-state index in [9.17, 15) is 4.79 Å². The van der Waals surface area contributed by atoms with Gasteiger partial charge in [-0.1, -0.05) is 23.0 Å². The Morgan fingerprint density at radius 2 is 2.25 bits per heavy atom. The molecule has 3 rings (SSSR count). The summed E-state index contributed by atoms with van der Waals surface area (Å²) >= 11 is 1.38. The molecule has 0 saturated carbocycles. The predicted octanol–water partition coefficient (Wildman–Crippen LogP) is 2.74. The summed E-state index contributed by atoms with van der Waals surface area (Å²) in [7, 11) is 0. The minimum atomic E-state index is -0.333. The van der Waals surface area contributed by atoms with Crippen molar-refractivity contribution in [1.29, 1.82) is 0 Å². The number of rotatable bonds is 6. The van der Waals surface area contributed by atoms with Crippen molar-refractivity contribution in [1.82, 2.24) is 19.7 Å². The Morgan fingerprint density at radius 1 is 1.38 bits per heavy atom. The molecule has 3 aromatic heterocycles. The molecule has 3 aromatic rings. The topological polar surface area (TPSA) is 85.8 Å². The number of pyridine rings is 1. The van der Waals surface area contributed by atoms with Crippen molar-refractivity contribution >= 4 is 23.6 Å². The van der Waals surface area contributed by atoms with Crippen molar-refractivity contribution in [2.45, 2.75) is 30.8 Å². The van der Waals surface area contributed by atoms with Gasteiger partial charge in [0.2, 0.25) is 11.8 Å². The molecule has 1 atom stereocenters. The molecule has 0 aliphatic rings. The average molecular weight is 343 g/mol. The SMILES string of the molecule is Cc1cc(NC(=O)[C@@H](C)Sc2nccn2Cc2ccccn2)on1. The van der Waals surface area contributed by atoms with Crippen molar-refractivity contribution < 1.29 is 9.32 Å². The van der Waals surface area contributed by atoms with Crippen LogP contribution in [-0.2, 0) is 11.3 Å². The highest BCUT2D eigenvalue weighted by Gasteiger charge is 2.19. The lowest BCUT2D eigenvalue weighted by molar-refractivity contribution is -0.115. The number of thioether (sulfide) groups is 1. The second kappa shape index (κ2) is 7.31. The number of hydrogen-bond donors (Lipinski definition) is 1. The van der Waals surface area contributed by atoms with Crippen LogP contribution in [0.5, 0.6) is 0 Å². The van der Waals surface area contributed by atoms with Crippen LogP contribution in [0.1, 0.15) is 18.3 Å². The largest absolute Gasteiger partial charge is 0.338 e. The average Bonchev–Trinajstić information content (AvgIpc) is 3.17. The van der Waals surface area contributed by atoms with Crippen molar-refractivity contribution in [2.75, 3.05) is 5.32 Å². The molecule has 24 heavy (non-hydrogen) atoms. The molecule has 0 fully saturated rings. The molecular weight excluding hydrogens is 326 g/mol. The van der Waals surface area contributed by atoms with Crippen molar-refractivity contribution in [2.24, 2.45) is 0 Å². The van der Waals surface area contributed by atoms with E-state index in [1.165, 1.54) is 11.8 Å². The first-order valence-corrected chi connectivity index (χ1v) is 8.31. The Morgan fingerprint density at radius 3 is 2.96 bits per heavy atom. The number of anilines is 1. The summed E-state index contributed by atoms with van der Waals surface area (Å²) in [6.45, 7) is 4.23. The second-order valence-corrected chi connectivity index (χ2v) is 6.55. The fourth-order valence-corrected chi connectivity index (χ4v) is 2.92. The number of amides is 1. The van der Waals surface area contributed by atoms with Crippen LogP contribution < -0.4 is 5.32 Å². The fourth-order valence-electron chi connectivity index (χ4n) is 2.06. The van der Waals surface area contributed by atoms with Crippen molar-refractivity contribution in [3.8, 4) is 0 Å². The van der Waals surface area contributed by atoms with E-state index in [0.717, 1.165) is 16.5 Å². The van der Waals surface area contributed by atoms with Gasteiger partial charge in [-0.3, -0.25) is 15.1 Å². The maximum atomic E-state index is 12.2. The second-order valence-electron chi connectivity index (χ2n) is 5.24. The van der Waals surface area contributed by atoms with E-state index in [1.54, 1.807) is 25.4 Å². The van der Waals surface area contributed by atoms with E-state index in [4.69, 9.17) is 4.52 Å². The molecule has 0 saturated heterocycles. The number of aryl methyl sites for hydroxylation is 1. The molecule has 0 aromatic carbocycles. The van der Waals surface area contributed by atoms with E-state index in [0.29, 0.717) is 12.4 Å². The third kappa shape index (κ3) is 4.02. The molecule has 0 aliphatic carbocycles. The van der Waals surface area contributed by atoms with Gasteiger partial charge in [-0.2, -0.15) is 0 Å². The number of carbonyl (C=O) groups is 1. The number of carbonyl (C=O) groups excluding carboxylic acids is 1. The summed E-state index contributed by atoms with van der Waals surface area (Å²) in [5.74, 6) is 0.185. The lowest BCUT2D eigenvalue weighted by Gasteiger charge is -2.11. The highest BCUT2D eigenvalue weighted by atomic mass is 32.2. The van der Waals surface area contributed by atoms with Gasteiger partial charge in [-0.25, -0.2) is 4.98 Å². The van der Waals surface area contributed by atoms with E-state index in [-0.39, 0.29) is 11.2 Å². The van der Waals surface area contributed by atoms with Gasteiger partial charge in [0.1, 0.15) is 0 Å². The Kier molecular flexibility index (Phi) is 4.95. The summed E-state index contributed by atoms with van der Waals surface area (Å²) in [5.41, 5.74) is 1.66. The first kappa shape index (κ1) is 16.3. The van der Waals surface area contributed by atoms with Crippen LogP contribution in [-0.4, -0.2) is 30.8 Å². The van der Waals surface area contributed by atoms with Gasteiger partial charge in [-0.15, -0.1) is 0 Å². The van der Waals surface area contributed by atoms with Gasteiger partial charge >= 0.3 is 0 Å². The first-order chi connectivity index (χ1) is 11.6. The van der Waals surface area contributed by atoms with Gasteiger partial charge < -0.3 is 9.09 Å². The van der Waals surface area contributed by atoms with Crippen molar-refractivity contribution in [3.63, 3.8) is 0 Å². The van der Waals surface area contributed by atoms with Gasteiger partial charge in [-0.05, 0) is 26.0 Å². The zero-order chi connectivity index (χ0) is 16.9. The van der Waals surface area contributed by atoms with Crippen molar-refractivity contribution in [3.05, 3.63) is 54.2 Å². The van der Waals surface area contributed by atoms with Crippen LogP contribution in [0.3, 0.4) is 0 Å². The molecule has 1 amide bonds. The fraction of sp³-hybridized carbons (Fsp3) is 0.250. The number of imidazole rings is 1. The molecule has 7 nitrogen and oxygen atoms in total. The normalized spacial score (nSPS) is 12.1. The minimum absolute atomic E-state index is 0.163. The zero-order valence-electron chi connectivity index (χ0n) is 13.3. The number of aromatic nitrogens is 4. The summed E-state index contributed by atoms with van der Waals surface area (Å²) < 4.78 is 6.97. The van der Waals surface area contributed by atoms with E-state index in [1.807, 2.05) is 35.9 Å². The van der Waals surface area contributed by atoms with Crippen LogP contribution in [0, 0.1) is 6.92 Å². The lowest BCUT2D eigenvalue weighted by Crippen LogP contribution is -2.22. The molecule has 3 heterocycles. The first-order valence-electron chi connectivity index (χ1n) is 7.43. The third-order valence-corrected chi connectivity index (χ3v) is 4.38. The molecule has 1 N–H and O–H groups in total. The highest BCUT2D eigenvalue weighted by molar-refractivity contribution is 8.00. The summed E-state index contributed by atoms with van der Waals surface area (Å²) in [4.78, 5) is 20.9. The van der Waals surface area contributed by atoms with E-state index in [2.05, 4.69) is 20.4 Å². The maximum absolute atomic E-state index is 12.2. The molecule has 124 valence electrons. The minimum Gasteiger partial charge on any atom is -0.338 e. The van der Waals surface area contributed by atoms with Crippen LogP contribution >= 0.6 is 11.8 Å². The van der Waals surface area contributed by atoms with Gasteiger partial charge in [0, 0.05) is 24.7 Å². The Labute approximate surface area is 143 Å². The zero-order valence-corrected chi connectivity index (χ0v) is 14.2. The molecule has 0 bridgehead atoms.